The summed E-state index contributed by atoms with van der Waals surface area (Å²) in [5, 5.41) is 11.3. The second-order valence-corrected chi connectivity index (χ2v) is 4.62. The molecule has 0 aromatic rings. The molecule has 0 aromatic heterocycles. The summed E-state index contributed by atoms with van der Waals surface area (Å²) in [6, 6.07) is 0. The van der Waals surface area contributed by atoms with Crippen LogP contribution in [0.25, 0.3) is 0 Å². The minimum Gasteiger partial charge on any atom is -0.381 e. The molecule has 1 amide bonds. The van der Waals surface area contributed by atoms with Gasteiger partial charge in [-0.25, -0.2) is 15.5 Å². The maximum Gasteiger partial charge on any atom is 0.271 e. The molecule has 1 rings (SSSR count). The number of ether oxygens (including phenoxy) is 1. The van der Waals surface area contributed by atoms with Crippen LogP contribution in [0.5, 0.6) is 0 Å². The zero-order valence-corrected chi connectivity index (χ0v) is 11.3. The van der Waals surface area contributed by atoms with Gasteiger partial charge in [0.2, 0.25) is 5.96 Å². The molecule has 0 aliphatic carbocycles. The molecular weight excluding hydrogens is 248 g/mol. The molecule has 106 valence electrons. The minimum absolute atomic E-state index is 0.233. The van der Waals surface area contributed by atoms with Crippen molar-refractivity contribution in [1.29, 1.82) is 0 Å². The first-order valence-electron chi connectivity index (χ1n) is 6.03. The summed E-state index contributed by atoms with van der Waals surface area (Å²) in [5.74, 6) is -0.248. The van der Waals surface area contributed by atoms with Gasteiger partial charge in [0.25, 0.3) is 5.91 Å². The van der Waals surface area contributed by atoms with Crippen molar-refractivity contribution in [2.75, 3.05) is 13.2 Å². The van der Waals surface area contributed by atoms with E-state index in [0.29, 0.717) is 24.7 Å². The third-order valence-electron chi connectivity index (χ3n) is 2.97. The lowest BCUT2D eigenvalue weighted by Gasteiger charge is -2.29. The first-order chi connectivity index (χ1) is 9.00. The van der Waals surface area contributed by atoms with Gasteiger partial charge >= 0.3 is 0 Å². The number of guanidine groups is 1. The number of carbonyl (C=O) groups is 1. The lowest BCUT2D eigenvalue weighted by molar-refractivity contribution is -0.125. The van der Waals surface area contributed by atoms with E-state index < -0.39 is 5.91 Å². The van der Waals surface area contributed by atoms with Crippen LogP contribution in [0, 0.1) is 0 Å². The van der Waals surface area contributed by atoms with Crippen LogP contribution in [0.2, 0.25) is 0 Å². The van der Waals surface area contributed by atoms with E-state index in [1.54, 1.807) is 12.4 Å². The molecule has 1 fully saturated rings. The average molecular weight is 268 g/mol. The summed E-state index contributed by atoms with van der Waals surface area (Å²) in [5.41, 5.74) is 1.61. The van der Waals surface area contributed by atoms with E-state index in [-0.39, 0.29) is 5.54 Å². The number of hydrogen-bond acceptors (Lipinski definition) is 4. The van der Waals surface area contributed by atoms with E-state index in [4.69, 9.17) is 9.94 Å². The summed E-state index contributed by atoms with van der Waals surface area (Å²) in [7, 11) is 0. The number of hydroxylamine groups is 1. The molecule has 0 aromatic carbocycles. The summed E-state index contributed by atoms with van der Waals surface area (Å²) >= 11 is 0. The van der Waals surface area contributed by atoms with Crippen LogP contribution in [0.1, 0.15) is 26.7 Å². The van der Waals surface area contributed by atoms with Gasteiger partial charge in [0.05, 0.1) is 5.54 Å². The molecule has 1 aliphatic heterocycles. The molecule has 0 atom stereocenters. The SMILES string of the molecule is C=NC(=NC1(C)CCOCC1)N/C=C(\C)C(=O)NO. The van der Waals surface area contributed by atoms with Crippen LogP contribution < -0.4 is 10.8 Å². The fourth-order valence-corrected chi connectivity index (χ4v) is 1.62. The van der Waals surface area contributed by atoms with Gasteiger partial charge in [-0.05, 0) is 33.4 Å². The first-order valence-corrected chi connectivity index (χ1v) is 6.03. The Kier molecular flexibility index (Phi) is 5.65. The quantitative estimate of drug-likeness (QED) is 0.230. The molecule has 3 N–H and O–H groups in total. The molecular formula is C12H20N4O3. The van der Waals surface area contributed by atoms with Crippen LogP contribution in [0.15, 0.2) is 21.8 Å². The van der Waals surface area contributed by atoms with Crippen LogP contribution in [-0.2, 0) is 9.53 Å². The highest BCUT2D eigenvalue weighted by Crippen LogP contribution is 2.24. The Balaban J connectivity index is 2.72. The van der Waals surface area contributed by atoms with E-state index in [9.17, 15) is 4.79 Å². The molecule has 1 aliphatic rings. The minimum atomic E-state index is -0.590. The van der Waals surface area contributed by atoms with Crippen LogP contribution >= 0.6 is 0 Å². The van der Waals surface area contributed by atoms with Crippen LogP contribution in [0.3, 0.4) is 0 Å². The van der Waals surface area contributed by atoms with Crippen molar-refractivity contribution in [3.63, 3.8) is 0 Å². The fraction of sp³-hybridized carbons (Fsp3) is 0.583. The fourth-order valence-electron chi connectivity index (χ4n) is 1.62. The number of aliphatic imine (C=N–C) groups is 2. The van der Waals surface area contributed by atoms with Crippen molar-refractivity contribution >= 4 is 18.6 Å². The van der Waals surface area contributed by atoms with Crippen LogP contribution in [0.4, 0.5) is 0 Å². The van der Waals surface area contributed by atoms with E-state index in [2.05, 4.69) is 22.0 Å². The van der Waals surface area contributed by atoms with Gasteiger partial charge in [0.1, 0.15) is 0 Å². The maximum atomic E-state index is 11.1. The summed E-state index contributed by atoms with van der Waals surface area (Å²) in [4.78, 5) is 19.4. The molecule has 0 saturated carbocycles. The summed E-state index contributed by atoms with van der Waals surface area (Å²) < 4.78 is 5.30. The predicted octanol–water partition coefficient (Wildman–Crippen LogP) is 0.611. The highest BCUT2D eigenvalue weighted by atomic mass is 16.5. The first kappa shape index (κ1) is 15.3. The Morgan fingerprint density at radius 1 is 1.47 bits per heavy atom. The molecule has 19 heavy (non-hydrogen) atoms. The largest absolute Gasteiger partial charge is 0.381 e. The normalized spacial score (nSPS) is 19.7. The van der Waals surface area contributed by atoms with Crippen molar-refractivity contribution in [3.05, 3.63) is 11.8 Å². The predicted molar refractivity (Wildman–Crippen MR) is 72.3 cm³/mol. The Hall–Kier alpha value is -1.73. The van der Waals surface area contributed by atoms with Gasteiger partial charge in [-0.15, -0.1) is 0 Å². The number of amides is 1. The number of rotatable bonds is 3. The third kappa shape index (κ3) is 4.80. The number of carbonyl (C=O) groups excluding carboxylic acids is 1. The molecule has 1 heterocycles. The molecule has 7 nitrogen and oxygen atoms in total. The van der Waals surface area contributed by atoms with Crippen molar-refractivity contribution in [3.8, 4) is 0 Å². The number of hydrogen-bond donors (Lipinski definition) is 3. The van der Waals surface area contributed by atoms with E-state index in [0.717, 1.165) is 12.8 Å². The Morgan fingerprint density at radius 2 is 2.11 bits per heavy atom. The number of nitrogens with one attached hydrogen (secondary N) is 2. The van der Waals surface area contributed by atoms with E-state index in [1.807, 2.05) is 6.92 Å². The average Bonchev–Trinajstić information content (AvgIpc) is 2.42. The number of nitrogens with zero attached hydrogens (tertiary/aromatic N) is 2. The smallest absolute Gasteiger partial charge is 0.271 e. The van der Waals surface area contributed by atoms with Gasteiger partial charge in [-0.1, -0.05) is 0 Å². The molecule has 7 heteroatoms. The third-order valence-corrected chi connectivity index (χ3v) is 2.97. The van der Waals surface area contributed by atoms with Crippen LogP contribution in [-0.4, -0.2) is 42.5 Å². The van der Waals surface area contributed by atoms with Gasteiger partial charge in [-0.2, -0.15) is 0 Å². The lowest BCUT2D eigenvalue weighted by Crippen LogP contribution is -2.34. The topological polar surface area (TPSA) is 95.3 Å². The zero-order chi connectivity index (χ0) is 14.3. The second-order valence-electron chi connectivity index (χ2n) is 4.62. The summed E-state index contributed by atoms with van der Waals surface area (Å²) in [6.45, 7) is 8.37. The Morgan fingerprint density at radius 3 is 2.63 bits per heavy atom. The van der Waals surface area contributed by atoms with Crippen molar-refractivity contribution in [2.24, 2.45) is 9.98 Å². The van der Waals surface area contributed by atoms with E-state index in [1.165, 1.54) is 6.20 Å². The molecule has 1 saturated heterocycles. The standard InChI is InChI=1S/C12H20N4O3/c1-9(10(17)16-18)8-14-11(13-3)15-12(2)4-6-19-7-5-12/h8,18H,3-7H2,1-2H3,(H,14,15)(H,16,17)/b9-8+. The van der Waals surface area contributed by atoms with Gasteiger partial charge in [0.15, 0.2) is 0 Å². The Labute approximate surface area is 112 Å². The van der Waals surface area contributed by atoms with Gasteiger partial charge in [-0.3, -0.25) is 10.0 Å². The molecule has 0 spiro atoms. The van der Waals surface area contributed by atoms with Crippen molar-refractivity contribution < 1.29 is 14.7 Å². The zero-order valence-electron chi connectivity index (χ0n) is 11.3. The highest BCUT2D eigenvalue weighted by Gasteiger charge is 2.27. The monoisotopic (exact) mass is 268 g/mol. The molecule has 0 unspecified atom stereocenters. The van der Waals surface area contributed by atoms with Gasteiger partial charge < -0.3 is 10.1 Å². The molecule has 0 radical (unpaired) electrons. The summed E-state index contributed by atoms with van der Waals surface area (Å²) in [6.07, 6.45) is 3.04. The van der Waals surface area contributed by atoms with E-state index >= 15 is 0 Å². The maximum absolute atomic E-state index is 11.1. The lowest BCUT2D eigenvalue weighted by atomic mass is 9.93. The van der Waals surface area contributed by atoms with Crippen molar-refractivity contribution in [1.82, 2.24) is 10.8 Å². The Bertz CT molecular complexity index is 398. The molecule has 0 bridgehead atoms. The van der Waals surface area contributed by atoms with Crippen molar-refractivity contribution in [2.45, 2.75) is 32.2 Å². The second kappa shape index (κ2) is 7.01. The van der Waals surface area contributed by atoms with Gasteiger partial charge in [0, 0.05) is 25.0 Å². The highest BCUT2D eigenvalue weighted by molar-refractivity contribution is 5.93.